The quantitative estimate of drug-likeness (QED) is 0.749. The average molecular weight is 245 g/mol. The van der Waals surface area contributed by atoms with Crippen LogP contribution in [0, 0.1) is 5.92 Å². The number of piperidine rings is 1. The second kappa shape index (κ2) is 5.80. The molecule has 94 valence electrons. The summed E-state index contributed by atoms with van der Waals surface area (Å²) < 4.78 is 5.38. The van der Waals surface area contributed by atoms with Gasteiger partial charge in [0.05, 0.1) is 0 Å². The van der Waals surface area contributed by atoms with Crippen molar-refractivity contribution in [1.29, 1.82) is 0 Å². The highest BCUT2D eigenvalue weighted by molar-refractivity contribution is 7.98. The van der Waals surface area contributed by atoms with Gasteiger partial charge in [0.2, 0.25) is 0 Å². The fraction of sp³-hybridized carbons (Fsp3) is 0.917. The van der Waals surface area contributed by atoms with Gasteiger partial charge in [0.25, 0.3) is 0 Å². The summed E-state index contributed by atoms with van der Waals surface area (Å²) in [5.74, 6) is 1.77. The Labute approximate surface area is 103 Å². The first kappa shape index (κ1) is 13.7. The molecule has 4 heteroatoms. The molecule has 0 bridgehead atoms. The first-order valence-corrected chi connectivity index (χ1v) is 7.28. The van der Waals surface area contributed by atoms with E-state index in [-0.39, 0.29) is 11.7 Å². The Hall–Kier alpha value is -0.380. The molecule has 1 unspecified atom stereocenters. The number of amides is 1. The van der Waals surface area contributed by atoms with Gasteiger partial charge in [0.1, 0.15) is 5.60 Å². The van der Waals surface area contributed by atoms with Gasteiger partial charge >= 0.3 is 6.09 Å². The van der Waals surface area contributed by atoms with Gasteiger partial charge in [-0.15, -0.1) is 0 Å². The number of nitrogens with zero attached hydrogens (tertiary/aromatic N) is 1. The SMILES string of the molecule is CSCC1CCCN(C(=O)OC(C)(C)C)C1. The van der Waals surface area contributed by atoms with Crippen LogP contribution in [0.1, 0.15) is 33.6 Å². The summed E-state index contributed by atoms with van der Waals surface area (Å²) in [6.45, 7) is 7.44. The molecule has 1 rings (SSSR count). The lowest BCUT2D eigenvalue weighted by atomic mass is 10.0. The minimum absolute atomic E-state index is 0.154. The van der Waals surface area contributed by atoms with Crippen LogP contribution in [0.2, 0.25) is 0 Å². The van der Waals surface area contributed by atoms with Gasteiger partial charge in [-0.2, -0.15) is 11.8 Å². The van der Waals surface area contributed by atoms with Gasteiger partial charge in [-0.3, -0.25) is 0 Å². The third kappa shape index (κ3) is 4.64. The largest absolute Gasteiger partial charge is 0.444 e. The summed E-state index contributed by atoms with van der Waals surface area (Å²) in [6.07, 6.45) is 4.30. The second-order valence-corrected chi connectivity index (χ2v) is 6.30. The van der Waals surface area contributed by atoms with Crippen molar-refractivity contribution in [2.45, 2.75) is 39.2 Å². The number of ether oxygens (including phenoxy) is 1. The Kier molecular flexibility index (Phi) is 4.96. The molecule has 0 N–H and O–H groups in total. The Balaban J connectivity index is 2.44. The topological polar surface area (TPSA) is 29.5 Å². The molecular formula is C12H23NO2S. The van der Waals surface area contributed by atoms with Crippen molar-refractivity contribution in [2.24, 2.45) is 5.92 Å². The monoisotopic (exact) mass is 245 g/mol. The van der Waals surface area contributed by atoms with Crippen LogP contribution in [-0.4, -0.2) is 41.7 Å². The molecule has 1 fully saturated rings. The van der Waals surface area contributed by atoms with Crippen LogP contribution in [0.5, 0.6) is 0 Å². The first-order valence-electron chi connectivity index (χ1n) is 5.89. The summed E-state index contributed by atoms with van der Waals surface area (Å²) in [4.78, 5) is 13.7. The van der Waals surface area contributed by atoms with E-state index in [4.69, 9.17) is 4.74 Å². The van der Waals surface area contributed by atoms with Crippen LogP contribution < -0.4 is 0 Å². The van der Waals surface area contributed by atoms with Gasteiger partial charge in [-0.05, 0) is 51.5 Å². The number of hydrogen-bond acceptors (Lipinski definition) is 3. The number of rotatable bonds is 2. The summed E-state index contributed by atoms with van der Waals surface area (Å²) in [6, 6.07) is 0. The number of thioether (sulfide) groups is 1. The summed E-state index contributed by atoms with van der Waals surface area (Å²) in [5, 5.41) is 0. The molecule has 0 aromatic rings. The number of hydrogen-bond donors (Lipinski definition) is 0. The molecule has 1 aliphatic heterocycles. The van der Waals surface area contributed by atoms with E-state index in [9.17, 15) is 4.79 Å². The first-order chi connectivity index (χ1) is 7.42. The van der Waals surface area contributed by atoms with Crippen LogP contribution in [-0.2, 0) is 4.74 Å². The van der Waals surface area contributed by atoms with Crippen molar-refractivity contribution in [2.75, 3.05) is 25.1 Å². The minimum Gasteiger partial charge on any atom is -0.444 e. The molecule has 0 spiro atoms. The summed E-state index contributed by atoms with van der Waals surface area (Å²) >= 11 is 1.86. The summed E-state index contributed by atoms with van der Waals surface area (Å²) in [7, 11) is 0. The van der Waals surface area contributed by atoms with Gasteiger partial charge in [-0.1, -0.05) is 0 Å². The standard InChI is InChI=1S/C12H23NO2S/c1-12(2,3)15-11(14)13-7-5-6-10(8-13)9-16-4/h10H,5-9H2,1-4H3. The van der Waals surface area contributed by atoms with Crippen LogP contribution in [0.4, 0.5) is 4.79 Å². The van der Waals surface area contributed by atoms with Gasteiger partial charge in [0, 0.05) is 13.1 Å². The van der Waals surface area contributed by atoms with E-state index >= 15 is 0 Å². The summed E-state index contributed by atoms with van der Waals surface area (Å²) in [5.41, 5.74) is -0.385. The zero-order valence-corrected chi connectivity index (χ0v) is 11.6. The lowest BCUT2D eigenvalue weighted by Gasteiger charge is -2.33. The third-order valence-corrected chi connectivity index (χ3v) is 3.38. The van der Waals surface area contributed by atoms with Crippen molar-refractivity contribution < 1.29 is 9.53 Å². The van der Waals surface area contributed by atoms with E-state index in [0.29, 0.717) is 5.92 Å². The van der Waals surface area contributed by atoms with Crippen molar-refractivity contribution in [3.8, 4) is 0 Å². The maximum absolute atomic E-state index is 11.9. The predicted molar refractivity (Wildman–Crippen MR) is 68.9 cm³/mol. The maximum atomic E-state index is 11.9. The van der Waals surface area contributed by atoms with E-state index in [0.717, 1.165) is 25.3 Å². The lowest BCUT2D eigenvalue weighted by molar-refractivity contribution is 0.0177. The molecule has 16 heavy (non-hydrogen) atoms. The van der Waals surface area contributed by atoms with Crippen LogP contribution in [0.3, 0.4) is 0 Å². The second-order valence-electron chi connectivity index (χ2n) is 5.39. The molecule has 0 saturated carbocycles. The normalized spacial score (nSPS) is 22.0. The molecule has 0 aromatic carbocycles. The molecule has 1 aliphatic rings. The zero-order chi connectivity index (χ0) is 12.2. The fourth-order valence-electron chi connectivity index (χ4n) is 1.93. The van der Waals surface area contributed by atoms with E-state index in [1.165, 1.54) is 6.42 Å². The van der Waals surface area contributed by atoms with Crippen LogP contribution in [0.25, 0.3) is 0 Å². The number of likely N-dealkylation sites (tertiary alicyclic amines) is 1. The third-order valence-electron chi connectivity index (χ3n) is 2.57. The Morgan fingerprint density at radius 2 is 2.19 bits per heavy atom. The molecule has 0 aliphatic carbocycles. The van der Waals surface area contributed by atoms with Gasteiger partial charge in [0.15, 0.2) is 0 Å². The Bertz CT molecular complexity index is 236. The minimum atomic E-state index is -0.385. The Morgan fingerprint density at radius 3 is 2.75 bits per heavy atom. The average Bonchev–Trinajstić information content (AvgIpc) is 2.16. The molecule has 1 amide bonds. The van der Waals surface area contributed by atoms with Crippen molar-refractivity contribution in [1.82, 2.24) is 4.90 Å². The highest BCUT2D eigenvalue weighted by Crippen LogP contribution is 2.21. The van der Waals surface area contributed by atoms with E-state index in [1.807, 2.05) is 37.4 Å². The number of carbonyl (C=O) groups excluding carboxylic acids is 1. The van der Waals surface area contributed by atoms with Crippen molar-refractivity contribution >= 4 is 17.9 Å². The molecule has 1 atom stereocenters. The molecule has 0 aromatic heterocycles. The van der Waals surface area contributed by atoms with Gasteiger partial charge in [-0.25, -0.2) is 4.79 Å². The fourth-order valence-corrected chi connectivity index (χ4v) is 2.67. The maximum Gasteiger partial charge on any atom is 0.410 e. The molecule has 1 saturated heterocycles. The van der Waals surface area contributed by atoms with Crippen molar-refractivity contribution in [3.05, 3.63) is 0 Å². The molecule has 0 radical (unpaired) electrons. The highest BCUT2D eigenvalue weighted by atomic mass is 32.2. The molecular weight excluding hydrogens is 222 g/mol. The smallest absolute Gasteiger partial charge is 0.410 e. The Morgan fingerprint density at radius 1 is 1.50 bits per heavy atom. The van der Waals surface area contributed by atoms with E-state index in [1.54, 1.807) is 0 Å². The zero-order valence-electron chi connectivity index (χ0n) is 10.8. The predicted octanol–water partition coefficient (Wildman–Crippen LogP) is 3.00. The molecule has 1 heterocycles. The number of carbonyl (C=O) groups is 1. The van der Waals surface area contributed by atoms with E-state index < -0.39 is 0 Å². The molecule has 3 nitrogen and oxygen atoms in total. The highest BCUT2D eigenvalue weighted by Gasteiger charge is 2.27. The van der Waals surface area contributed by atoms with Crippen LogP contribution >= 0.6 is 11.8 Å². The van der Waals surface area contributed by atoms with Crippen LogP contribution in [0.15, 0.2) is 0 Å². The van der Waals surface area contributed by atoms with Crippen molar-refractivity contribution in [3.63, 3.8) is 0 Å². The lowest BCUT2D eigenvalue weighted by Crippen LogP contribution is -2.43. The van der Waals surface area contributed by atoms with Gasteiger partial charge < -0.3 is 9.64 Å². The van der Waals surface area contributed by atoms with E-state index in [2.05, 4.69) is 6.26 Å².